The first-order valence-electron chi connectivity index (χ1n) is 3.43. The second-order valence-electron chi connectivity index (χ2n) is 2.47. The smallest absolute Gasteiger partial charge is 0.223 e. The maximum absolute atomic E-state index is 5.60. The van der Waals surface area contributed by atoms with Crippen LogP contribution in [0.5, 0.6) is 0 Å². The number of rotatable bonds is 0. The minimum atomic E-state index is 0.232. The molecule has 0 amide bonds. The third kappa shape index (κ3) is 0.849. The van der Waals surface area contributed by atoms with E-state index >= 15 is 0 Å². The Balaban J connectivity index is 2.60. The Morgan fingerprint density at radius 2 is 2.09 bits per heavy atom. The lowest BCUT2D eigenvalue weighted by atomic mass is 10.2. The summed E-state index contributed by atoms with van der Waals surface area (Å²) in [6, 6.07) is 0. The molecule has 0 saturated carbocycles. The van der Waals surface area contributed by atoms with Gasteiger partial charge in [-0.3, -0.25) is 0 Å². The predicted molar refractivity (Wildman–Crippen MR) is 43.1 cm³/mol. The molecule has 0 saturated heterocycles. The standard InChI is InChI=1S/C6H9N5/c7-4-3-1-2-9-5(3)11-6(8)10-4/h1-2H2,(H5,7,8,9,10,11). The number of fused-ring (bicyclic) bond motifs is 1. The van der Waals surface area contributed by atoms with Crippen molar-refractivity contribution in [2.75, 3.05) is 23.3 Å². The average Bonchev–Trinajstić information content (AvgIpc) is 2.34. The molecule has 5 nitrogen and oxygen atoms in total. The molecule has 11 heavy (non-hydrogen) atoms. The Bertz CT molecular complexity index is 295. The number of hydrogen-bond donors (Lipinski definition) is 3. The second kappa shape index (κ2) is 1.98. The van der Waals surface area contributed by atoms with Crippen LogP contribution in [-0.2, 0) is 6.42 Å². The van der Waals surface area contributed by atoms with Gasteiger partial charge in [0.25, 0.3) is 0 Å². The second-order valence-corrected chi connectivity index (χ2v) is 2.47. The van der Waals surface area contributed by atoms with E-state index in [-0.39, 0.29) is 5.95 Å². The van der Waals surface area contributed by atoms with Crippen LogP contribution in [0.1, 0.15) is 5.56 Å². The van der Waals surface area contributed by atoms with E-state index in [1.807, 2.05) is 0 Å². The first-order chi connectivity index (χ1) is 5.27. The first kappa shape index (κ1) is 6.21. The minimum absolute atomic E-state index is 0.232. The van der Waals surface area contributed by atoms with E-state index < -0.39 is 0 Å². The zero-order chi connectivity index (χ0) is 7.84. The first-order valence-corrected chi connectivity index (χ1v) is 3.43. The van der Waals surface area contributed by atoms with Crippen LogP contribution in [0.25, 0.3) is 0 Å². The van der Waals surface area contributed by atoms with Crippen molar-refractivity contribution in [2.45, 2.75) is 6.42 Å². The quantitative estimate of drug-likeness (QED) is 0.469. The predicted octanol–water partition coefficient (Wildman–Crippen LogP) is -0.391. The summed E-state index contributed by atoms with van der Waals surface area (Å²) in [7, 11) is 0. The Labute approximate surface area is 63.8 Å². The molecular weight excluding hydrogens is 142 g/mol. The molecule has 1 aromatic heterocycles. The summed E-state index contributed by atoms with van der Waals surface area (Å²) >= 11 is 0. The molecule has 0 fully saturated rings. The maximum Gasteiger partial charge on any atom is 0.223 e. The van der Waals surface area contributed by atoms with E-state index in [0.717, 1.165) is 24.3 Å². The third-order valence-electron chi connectivity index (χ3n) is 1.72. The van der Waals surface area contributed by atoms with Crippen LogP contribution in [0, 0.1) is 0 Å². The van der Waals surface area contributed by atoms with Crippen molar-refractivity contribution in [2.24, 2.45) is 0 Å². The molecule has 0 atom stereocenters. The monoisotopic (exact) mass is 151 g/mol. The fourth-order valence-corrected chi connectivity index (χ4v) is 1.22. The number of nitrogens with two attached hydrogens (primary N) is 2. The Morgan fingerprint density at radius 1 is 1.27 bits per heavy atom. The maximum atomic E-state index is 5.60. The fourth-order valence-electron chi connectivity index (χ4n) is 1.22. The van der Waals surface area contributed by atoms with Gasteiger partial charge >= 0.3 is 0 Å². The SMILES string of the molecule is Nc1nc(N)c2c(n1)NCC2. The zero-order valence-electron chi connectivity index (χ0n) is 5.96. The van der Waals surface area contributed by atoms with Gasteiger partial charge in [0.2, 0.25) is 5.95 Å². The number of nitrogen functional groups attached to an aromatic ring is 2. The van der Waals surface area contributed by atoms with Crippen LogP contribution in [0.15, 0.2) is 0 Å². The highest BCUT2D eigenvalue weighted by Crippen LogP contribution is 2.24. The average molecular weight is 151 g/mol. The van der Waals surface area contributed by atoms with Crippen molar-refractivity contribution in [1.29, 1.82) is 0 Å². The molecule has 5 N–H and O–H groups in total. The number of aromatic nitrogens is 2. The Kier molecular flexibility index (Phi) is 1.12. The molecule has 58 valence electrons. The van der Waals surface area contributed by atoms with E-state index in [2.05, 4.69) is 15.3 Å². The van der Waals surface area contributed by atoms with Crippen molar-refractivity contribution in [3.8, 4) is 0 Å². The van der Waals surface area contributed by atoms with Crippen molar-refractivity contribution in [3.63, 3.8) is 0 Å². The van der Waals surface area contributed by atoms with Gasteiger partial charge in [-0.25, -0.2) is 0 Å². The highest BCUT2D eigenvalue weighted by Gasteiger charge is 2.15. The highest BCUT2D eigenvalue weighted by atomic mass is 15.1. The normalized spacial score (nSPS) is 14.2. The number of hydrogen-bond acceptors (Lipinski definition) is 5. The van der Waals surface area contributed by atoms with E-state index in [1.54, 1.807) is 0 Å². The van der Waals surface area contributed by atoms with Crippen LogP contribution >= 0.6 is 0 Å². The molecule has 0 spiro atoms. The molecule has 0 aromatic carbocycles. The molecule has 2 rings (SSSR count). The van der Waals surface area contributed by atoms with Crippen molar-refractivity contribution in [1.82, 2.24) is 9.97 Å². The van der Waals surface area contributed by atoms with Crippen LogP contribution < -0.4 is 16.8 Å². The minimum Gasteiger partial charge on any atom is -0.383 e. The fraction of sp³-hybridized carbons (Fsp3) is 0.333. The van der Waals surface area contributed by atoms with Gasteiger partial charge in [-0.1, -0.05) is 0 Å². The molecule has 2 heterocycles. The largest absolute Gasteiger partial charge is 0.383 e. The summed E-state index contributed by atoms with van der Waals surface area (Å²) in [5.41, 5.74) is 12.0. The lowest BCUT2D eigenvalue weighted by Gasteiger charge is -2.01. The topological polar surface area (TPSA) is 89.8 Å². The van der Waals surface area contributed by atoms with Gasteiger partial charge in [0.05, 0.1) is 0 Å². The lowest BCUT2D eigenvalue weighted by Crippen LogP contribution is -2.03. The molecule has 1 aromatic rings. The van der Waals surface area contributed by atoms with Gasteiger partial charge in [-0.05, 0) is 6.42 Å². The van der Waals surface area contributed by atoms with Gasteiger partial charge in [0.15, 0.2) is 0 Å². The van der Waals surface area contributed by atoms with Gasteiger partial charge in [-0.15, -0.1) is 0 Å². The molecule has 0 aliphatic carbocycles. The molecule has 5 heteroatoms. The van der Waals surface area contributed by atoms with Gasteiger partial charge in [0.1, 0.15) is 11.6 Å². The summed E-state index contributed by atoms with van der Waals surface area (Å²) in [6.45, 7) is 0.873. The van der Waals surface area contributed by atoms with E-state index in [4.69, 9.17) is 11.5 Å². The summed E-state index contributed by atoms with van der Waals surface area (Å²) in [6.07, 6.45) is 0.890. The summed E-state index contributed by atoms with van der Waals surface area (Å²) in [4.78, 5) is 7.84. The molecular formula is C6H9N5. The summed E-state index contributed by atoms with van der Waals surface area (Å²) in [5.74, 6) is 1.52. The Hall–Kier alpha value is -1.52. The van der Waals surface area contributed by atoms with Gasteiger partial charge < -0.3 is 16.8 Å². The number of anilines is 3. The van der Waals surface area contributed by atoms with Crippen LogP contribution in [-0.4, -0.2) is 16.5 Å². The molecule has 0 unspecified atom stereocenters. The van der Waals surface area contributed by atoms with Gasteiger partial charge in [-0.2, -0.15) is 9.97 Å². The molecule has 1 aliphatic rings. The molecule has 1 aliphatic heterocycles. The lowest BCUT2D eigenvalue weighted by molar-refractivity contribution is 1.10. The van der Waals surface area contributed by atoms with E-state index in [9.17, 15) is 0 Å². The van der Waals surface area contributed by atoms with Crippen LogP contribution in [0.4, 0.5) is 17.6 Å². The summed E-state index contributed by atoms with van der Waals surface area (Å²) < 4.78 is 0. The molecule has 0 radical (unpaired) electrons. The van der Waals surface area contributed by atoms with Gasteiger partial charge in [0, 0.05) is 12.1 Å². The Morgan fingerprint density at radius 3 is 2.91 bits per heavy atom. The van der Waals surface area contributed by atoms with E-state index in [0.29, 0.717) is 5.82 Å². The number of nitrogens with one attached hydrogen (secondary N) is 1. The van der Waals surface area contributed by atoms with Crippen molar-refractivity contribution >= 4 is 17.6 Å². The van der Waals surface area contributed by atoms with Crippen molar-refractivity contribution < 1.29 is 0 Å². The third-order valence-corrected chi connectivity index (χ3v) is 1.72. The van der Waals surface area contributed by atoms with Crippen molar-refractivity contribution in [3.05, 3.63) is 5.56 Å². The van der Waals surface area contributed by atoms with E-state index in [1.165, 1.54) is 0 Å². The van der Waals surface area contributed by atoms with Crippen LogP contribution in [0.3, 0.4) is 0 Å². The zero-order valence-corrected chi connectivity index (χ0v) is 5.96. The van der Waals surface area contributed by atoms with Crippen LogP contribution in [0.2, 0.25) is 0 Å². The summed E-state index contributed by atoms with van der Waals surface area (Å²) in [5, 5.41) is 3.07. The number of nitrogens with zero attached hydrogens (tertiary/aromatic N) is 2. The highest BCUT2D eigenvalue weighted by molar-refractivity contribution is 5.61. The molecule has 0 bridgehead atoms.